The van der Waals surface area contributed by atoms with E-state index in [1.807, 2.05) is 7.05 Å². The van der Waals surface area contributed by atoms with Crippen LogP contribution in [0.3, 0.4) is 0 Å². The van der Waals surface area contributed by atoms with Gasteiger partial charge >= 0.3 is 0 Å². The molecule has 2 heterocycles. The second kappa shape index (κ2) is 10.2. The predicted octanol–water partition coefficient (Wildman–Crippen LogP) is 1.78. The number of halogens is 1. The van der Waals surface area contributed by atoms with E-state index in [4.69, 9.17) is 4.74 Å². The van der Waals surface area contributed by atoms with Crippen LogP contribution in [-0.4, -0.2) is 74.8 Å². The Balaban J connectivity index is 0.00000242. The largest absolute Gasteiger partial charge is 0.381 e. The maximum atomic E-state index is 5.52. The molecule has 2 fully saturated rings. The molecular formula is C15H31IN4OS. The first kappa shape index (κ1) is 20.3. The average Bonchev–Trinajstić information content (AvgIpc) is 3.01. The van der Waals surface area contributed by atoms with Gasteiger partial charge < -0.3 is 20.3 Å². The van der Waals surface area contributed by atoms with Crippen LogP contribution in [0.4, 0.5) is 0 Å². The lowest BCUT2D eigenvalue weighted by Gasteiger charge is -2.43. The monoisotopic (exact) mass is 442 g/mol. The summed E-state index contributed by atoms with van der Waals surface area (Å²) in [4.78, 5) is 6.70. The Morgan fingerprint density at radius 3 is 2.59 bits per heavy atom. The van der Waals surface area contributed by atoms with Crippen molar-refractivity contribution in [1.82, 2.24) is 15.5 Å². The van der Waals surface area contributed by atoms with E-state index >= 15 is 0 Å². The highest BCUT2D eigenvalue weighted by atomic mass is 127. The van der Waals surface area contributed by atoms with Gasteiger partial charge in [-0.1, -0.05) is 0 Å². The summed E-state index contributed by atoms with van der Waals surface area (Å²) in [5.41, 5.74) is 0.179. The molecule has 0 aromatic carbocycles. The molecule has 2 N–H and O–H groups in total. The minimum Gasteiger partial charge on any atom is -0.381 e. The zero-order valence-corrected chi connectivity index (χ0v) is 17.2. The number of hydrogen-bond acceptors (Lipinski definition) is 4. The van der Waals surface area contributed by atoms with Crippen molar-refractivity contribution in [2.24, 2.45) is 4.99 Å². The van der Waals surface area contributed by atoms with Gasteiger partial charge in [0.2, 0.25) is 0 Å². The van der Waals surface area contributed by atoms with Crippen molar-refractivity contribution in [3.63, 3.8) is 0 Å². The predicted molar refractivity (Wildman–Crippen MR) is 107 cm³/mol. The Hall–Kier alpha value is 0.270. The van der Waals surface area contributed by atoms with E-state index in [0.717, 1.165) is 50.4 Å². The number of nitrogens with one attached hydrogen (secondary N) is 2. The fourth-order valence-corrected chi connectivity index (χ4v) is 4.22. The van der Waals surface area contributed by atoms with Gasteiger partial charge in [0.25, 0.3) is 0 Å². The Morgan fingerprint density at radius 1 is 1.32 bits per heavy atom. The quantitative estimate of drug-likeness (QED) is 0.386. The van der Waals surface area contributed by atoms with Crippen molar-refractivity contribution < 1.29 is 4.74 Å². The lowest BCUT2D eigenvalue weighted by Crippen LogP contribution is -2.57. The van der Waals surface area contributed by atoms with Crippen molar-refractivity contribution in [2.45, 2.75) is 36.5 Å². The van der Waals surface area contributed by atoms with Gasteiger partial charge in [0.05, 0.1) is 0 Å². The molecule has 0 aromatic rings. The molecule has 0 bridgehead atoms. The molecule has 0 radical (unpaired) electrons. The number of nitrogens with zero attached hydrogens (tertiary/aromatic N) is 2. The first-order valence-electron chi connectivity index (χ1n) is 7.97. The molecule has 1 unspecified atom stereocenters. The topological polar surface area (TPSA) is 48.9 Å². The SMILES string of the molecule is CN=C(NCC1CCCS1)NCC1(N(C)C)CCOCC1.I. The second-order valence-corrected chi connectivity index (χ2v) is 7.58. The summed E-state index contributed by atoms with van der Waals surface area (Å²) in [5.74, 6) is 2.23. The summed E-state index contributed by atoms with van der Waals surface area (Å²) in [7, 11) is 6.18. The van der Waals surface area contributed by atoms with E-state index < -0.39 is 0 Å². The molecule has 1 atom stereocenters. The van der Waals surface area contributed by atoms with Crippen LogP contribution in [0.15, 0.2) is 4.99 Å². The Labute approximate surface area is 156 Å². The molecule has 2 aliphatic rings. The van der Waals surface area contributed by atoms with Gasteiger partial charge in [0, 0.05) is 44.1 Å². The zero-order valence-electron chi connectivity index (χ0n) is 14.1. The molecule has 0 amide bonds. The van der Waals surface area contributed by atoms with Crippen LogP contribution >= 0.6 is 35.7 Å². The van der Waals surface area contributed by atoms with Gasteiger partial charge in [-0.25, -0.2) is 0 Å². The van der Waals surface area contributed by atoms with Crippen molar-refractivity contribution >= 4 is 41.7 Å². The average molecular weight is 442 g/mol. The first-order valence-corrected chi connectivity index (χ1v) is 9.02. The van der Waals surface area contributed by atoms with Gasteiger partial charge in [-0.2, -0.15) is 11.8 Å². The molecule has 0 saturated carbocycles. The van der Waals surface area contributed by atoms with Crippen LogP contribution in [0.5, 0.6) is 0 Å². The van der Waals surface area contributed by atoms with Crippen LogP contribution in [0, 0.1) is 0 Å². The smallest absolute Gasteiger partial charge is 0.191 e. The summed E-state index contributed by atoms with van der Waals surface area (Å²) in [6.45, 7) is 3.64. The second-order valence-electron chi connectivity index (χ2n) is 6.17. The van der Waals surface area contributed by atoms with Crippen LogP contribution in [0.2, 0.25) is 0 Å². The maximum absolute atomic E-state index is 5.52. The van der Waals surface area contributed by atoms with Crippen molar-refractivity contribution in [1.29, 1.82) is 0 Å². The molecule has 0 aromatic heterocycles. The van der Waals surface area contributed by atoms with E-state index in [2.05, 4.69) is 46.4 Å². The van der Waals surface area contributed by atoms with Crippen LogP contribution in [0.1, 0.15) is 25.7 Å². The molecular weight excluding hydrogens is 411 g/mol. The standard InChI is InChI=1S/C15H30N4OS.HI/c1-16-14(17-11-13-5-4-10-21-13)18-12-15(19(2)3)6-8-20-9-7-15;/h13H,4-12H2,1-3H3,(H2,16,17,18);1H. The summed E-state index contributed by atoms with van der Waals surface area (Å²) >= 11 is 2.08. The van der Waals surface area contributed by atoms with Gasteiger partial charge in [0.15, 0.2) is 5.96 Å². The fourth-order valence-electron chi connectivity index (χ4n) is 3.02. The van der Waals surface area contributed by atoms with Crippen molar-refractivity contribution in [3.8, 4) is 0 Å². The molecule has 2 saturated heterocycles. The number of aliphatic imine (C=N–C) groups is 1. The fraction of sp³-hybridized carbons (Fsp3) is 0.933. The Kier molecular flexibility index (Phi) is 9.42. The highest BCUT2D eigenvalue weighted by Crippen LogP contribution is 2.26. The number of ether oxygens (including phenoxy) is 1. The Bertz CT molecular complexity index is 342. The van der Waals surface area contributed by atoms with Crippen molar-refractivity contribution in [2.75, 3.05) is 53.2 Å². The molecule has 2 rings (SSSR count). The molecule has 22 heavy (non-hydrogen) atoms. The zero-order chi connectivity index (χ0) is 15.1. The molecule has 7 heteroatoms. The molecule has 5 nitrogen and oxygen atoms in total. The van der Waals surface area contributed by atoms with Crippen molar-refractivity contribution in [3.05, 3.63) is 0 Å². The summed E-state index contributed by atoms with van der Waals surface area (Å²) in [6, 6.07) is 0. The van der Waals surface area contributed by atoms with E-state index in [-0.39, 0.29) is 29.5 Å². The minimum absolute atomic E-state index is 0. The third-order valence-electron chi connectivity index (χ3n) is 4.70. The minimum atomic E-state index is 0. The lowest BCUT2D eigenvalue weighted by molar-refractivity contribution is -0.00500. The van der Waals surface area contributed by atoms with E-state index in [9.17, 15) is 0 Å². The van der Waals surface area contributed by atoms with Gasteiger partial charge in [-0.15, -0.1) is 24.0 Å². The van der Waals surface area contributed by atoms with E-state index in [1.165, 1.54) is 18.6 Å². The van der Waals surface area contributed by atoms with E-state index in [0.29, 0.717) is 0 Å². The molecule has 130 valence electrons. The lowest BCUT2D eigenvalue weighted by atomic mass is 9.88. The molecule has 0 spiro atoms. The van der Waals surface area contributed by atoms with Gasteiger partial charge in [-0.3, -0.25) is 4.99 Å². The first-order chi connectivity index (χ1) is 10.2. The van der Waals surface area contributed by atoms with E-state index in [1.54, 1.807) is 0 Å². The highest BCUT2D eigenvalue weighted by molar-refractivity contribution is 14.0. The maximum Gasteiger partial charge on any atom is 0.191 e. The van der Waals surface area contributed by atoms with Gasteiger partial charge in [0.1, 0.15) is 0 Å². The van der Waals surface area contributed by atoms with Crippen LogP contribution in [-0.2, 0) is 4.74 Å². The third-order valence-corrected chi connectivity index (χ3v) is 6.10. The Morgan fingerprint density at radius 2 is 2.05 bits per heavy atom. The van der Waals surface area contributed by atoms with Crippen LogP contribution in [0.25, 0.3) is 0 Å². The number of hydrogen-bond donors (Lipinski definition) is 2. The third kappa shape index (κ3) is 5.72. The normalized spacial score (nSPS) is 24.9. The summed E-state index contributed by atoms with van der Waals surface area (Å²) < 4.78 is 5.52. The highest BCUT2D eigenvalue weighted by Gasteiger charge is 2.34. The van der Waals surface area contributed by atoms with Crippen LogP contribution < -0.4 is 10.6 Å². The summed E-state index contributed by atoms with van der Waals surface area (Å²) in [5, 5.41) is 7.74. The van der Waals surface area contributed by atoms with Gasteiger partial charge in [-0.05, 0) is 45.5 Å². The number of likely N-dealkylation sites (N-methyl/N-ethyl adjacent to an activating group) is 1. The number of thioether (sulfide) groups is 1. The molecule has 2 aliphatic heterocycles. The number of rotatable bonds is 5. The molecule has 0 aliphatic carbocycles. The summed E-state index contributed by atoms with van der Waals surface area (Å²) in [6.07, 6.45) is 4.82. The number of guanidine groups is 1.